The largest absolute Gasteiger partial charge is 0.379 e. The minimum atomic E-state index is -0.266. The van der Waals surface area contributed by atoms with Crippen molar-refractivity contribution in [1.82, 2.24) is 10.3 Å². The molecule has 0 aliphatic carbocycles. The monoisotopic (exact) mass is 298 g/mol. The summed E-state index contributed by atoms with van der Waals surface area (Å²) < 4.78 is 6.21. The van der Waals surface area contributed by atoms with Gasteiger partial charge in [-0.1, -0.05) is 0 Å². The number of carbonyl (C=O) groups excluding carboxylic acids is 1. The molecule has 1 saturated heterocycles. The SMILES string of the molecule is CC1(NC(=O)c2cncc(Br)c2)CCCOC1. The Kier molecular flexibility index (Phi) is 3.79. The van der Waals surface area contributed by atoms with Crippen LogP contribution in [0.5, 0.6) is 0 Å². The fraction of sp³-hybridized carbons (Fsp3) is 0.500. The molecular formula is C12H15BrN2O2. The molecule has 1 N–H and O–H groups in total. The van der Waals surface area contributed by atoms with E-state index < -0.39 is 0 Å². The first-order valence-corrected chi connectivity index (χ1v) is 6.39. The van der Waals surface area contributed by atoms with Crippen LogP contribution in [0.2, 0.25) is 0 Å². The van der Waals surface area contributed by atoms with Gasteiger partial charge in [-0.2, -0.15) is 0 Å². The standard InChI is InChI=1S/C12H15BrN2O2/c1-12(3-2-4-17-8-12)15-11(16)9-5-10(13)7-14-6-9/h5-7H,2-4,8H2,1H3,(H,15,16). The number of hydrogen-bond donors (Lipinski definition) is 1. The molecule has 0 saturated carbocycles. The Balaban J connectivity index is 2.06. The van der Waals surface area contributed by atoms with Gasteiger partial charge in [0.1, 0.15) is 0 Å². The lowest BCUT2D eigenvalue weighted by Gasteiger charge is -2.34. The number of hydrogen-bond acceptors (Lipinski definition) is 3. The molecule has 1 aromatic rings. The summed E-state index contributed by atoms with van der Waals surface area (Å²) in [6.45, 7) is 3.36. The summed E-state index contributed by atoms with van der Waals surface area (Å²) in [4.78, 5) is 16.0. The Morgan fingerprint density at radius 1 is 1.59 bits per heavy atom. The van der Waals surface area contributed by atoms with Crippen molar-refractivity contribution in [1.29, 1.82) is 0 Å². The van der Waals surface area contributed by atoms with E-state index in [1.807, 2.05) is 6.92 Å². The van der Waals surface area contributed by atoms with E-state index in [9.17, 15) is 4.79 Å². The van der Waals surface area contributed by atoms with Crippen LogP contribution in [0.3, 0.4) is 0 Å². The summed E-state index contributed by atoms with van der Waals surface area (Å²) in [5, 5.41) is 3.01. The maximum absolute atomic E-state index is 12.0. The second kappa shape index (κ2) is 5.14. The van der Waals surface area contributed by atoms with E-state index in [2.05, 4.69) is 26.2 Å². The lowest BCUT2D eigenvalue weighted by Crippen LogP contribution is -2.51. The number of carbonyl (C=O) groups is 1. The number of nitrogens with one attached hydrogen (secondary N) is 1. The van der Waals surface area contributed by atoms with Crippen LogP contribution < -0.4 is 5.32 Å². The molecule has 1 atom stereocenters. The van der Waals surface area contributed by atoms with E-state index in [-0.39, 0.29) is 11.4 Å². The minimum Gasteiger partial charge on any atom is -0.379 e. The maximum atomic E-state index is 12.0. The highest BCUT2D eigenvalue weighted by molar-refractivity contribution is 9.10. The van der Waals surface area contributed by atoms with E-state index >= 15 is 0 Å². The fourth-order valence-corrected chi connectivity index (χ4v) is 2.28. The summed E-state index contributed by atoms with van der Waals surface area (Å²) >= 11 is 3.30. The van der Waals surface area contributed by atoms with Gasteiger partial charge in [-0.05, 0) is 41.8 Å². The van der Waals surface area contributed by atoms with E-state index in [0.29, 0.717) is 12.2 Å². The molecule has 0 spiro atoms. The molecule has 17 heavy (non-hydrogen) atoms. The van der Waals surface area contributed by atoms with Crippen molar-refractivity contribution in [2.24, 2.45) is 0 Å². The van der Waals surface area contributed by atoms with Crippen molar-refractivity contribution in [3.8, 4) is 0 Å². The van der Waals surface area contributed by atoms with Crippen LogP contribution in [0, 0.1) is 0 Å². The third kappa shape index (κ3) is 3.26. The van der Waals surface area contributed by atoms with Gasteiger partial charge in [-0.15, -0.1) is 0 Å². The van der Waals surface area contributed by atoms with E-state index in [4.69, 9.17) is 4.74 Å². The Bertz CT molecular complexity index is 417. The van der Waals surface area contributed by atoms with Gasteiger partial charge in [0.2, 0.25) is 0 Å². The van der Waals surface area contributed by atoms with Crippen molar-refractivity contribution in [3.63, 3.8) is 0 Å². The van der Waals surface area contributed by atoms with Crippen molar-refractivity contribution in [2.75, 3.05) is 13.2 Å². The average molecular weight is 299 g/mol. The van der Waals surface area contributed by atoms with Crippen molar-refractivity contribution < 1.29 is 9.53 Å². The third-order valence-electron chi connectivity index (χ3n) is 2.82. The molecule has 5 heteroatoms. The quantitative estimate of drug-likeness (QED) is 0.910. The first-order valence-electron chi connectivity index (χ1n) is 5.60. The van der Waals surface area contributed by atoms with Gasteiger partial charge in [-0.25, -0.2) is 0 Å². The van der Waals surface area contributed by atoms with E-state index in [1.54, 1.807) is 18.5 Å². The number of pyridine rings is 1. The normalized spacial score (nSPS) is 24.4. The van der Waals surface area contributed by atoms with Crippen LogP contribution in [0.15, 0.2) is 22.9 Å². The van der Waals surface area contributed by atoms with Crippen LogP contribution in [0.4, 0.5) is 0 Å². The number of rotatable bonds is 2. The van der Waals surface area contributed by atoms with Crippen LogP contribution >= 0.6 is 15.9 Å². The highest BCUT2D eigenvalue weighted by atomic mass is 79.9. The molecule has 1 aliphatic heterocycles. The Morgan fingerprint density at radius 3 is 3.06 bits per heavy atom. The molecule has 1 aliphatic rings. The number of ether oxygens (including phenoxy) is 1. The average Bonchev–Trinajstić information content (AvgIpc) is 2.29. The van der Waals surface area contributed by atoms with Gasteiger partial charge in [-0.3, -0.25) is 9.78 Å². The molecule has 1 fully saturated rings. The summed E-state index contributed by atoms with van der Waals surface area (Å²) in [7, 11) is 0. The Hall–Kier alpha value is -0.940. The van der Waals surface area contributed by atoms with Crippen molar-refractivity contribution in [2.45, 2.75) is 25.3 Å². The van der Waals surface area contributed by atoms with Gasteiger partial charge < -0.3 is 10.1 Å². The zero-order chi connectivity index (χ0) is 12.3. The molecular weight excluding hydrogens is 284 g/mol. The van der Waals surface area contributed by atoms with Gasteiger partial charge in [0.05, 0.1) is 17.7 Å². The Morgan fingerprint density at radius 2 is 2.41 bits per heavy atom. The van der Waals surface area contributed by atoms with Crippen molar-refractivity contribution >= 4 is 21.8 Å². The summed E-state index contributed by atoms with van der Waals surface area (Å²) in [5.74, 6) is -0.105. The predicted molar refractivity (Wildman–Crippen MR) is 67.9 cm³/mol. The number of aromatic nitrogens is 1. The van der Waals surface area contributed by atoms with Crippen LogP contribution in [0.1, 0.15) is 30.1 Å². The molecule has 1 unspecified atom stereocenters. The summed E-state index contributed by atoms with van der Waals surface area (Å²) in [6, 6.07) is 1.76. The highest BCUT2D eigenvalue weighted by Crippen LogP contribution is 2.19. The summed E-state index contributed by atoms with van der Waals surface area (Å²) in [6.07, 6.45) is 5.14. The topological polar surface area (TPSA) is 51.2 Å². The zero-order valence-electron chi connectivity index (χ0n) is 9.70. The number of halogens is 1. The molecule has 92 valence electrons. The third-order valence-corrected chi connectivity index (χ3v) is 3.25. The second-order valence-corrected chi connectivity index (χ2v) is 5.48. The molecule has 1 aromatic heterocycles. The second-order valence-electron chi connectivity index (χ2n) is 4.56. The van der Waals surface area contributed by atoms with Crippen LogP contribution in [-0.4, -0.2) is 29.6 Å². The van der Waals surface area contributed by atoms with E-state index in [1.165, 1.54) is 0 Å². The molecule has 2 rings (SSSR count). The van der Waals surface area contributed by atoms with Crippen molar-refractivity contribution in [3.05, 3.63) is 28.5 Å². The van der Waals surface area contributed by atoms with Gasteiger partial charge in [0.25, 0.3) is 5.91 Å². The number of nitrogens with zero attached hydrogens (tertiary/aromatic N) is 1. The Labute approximate surface area is 109 Å². The van der Waals surface area contributed by atoms with Gasteiger partial charge in [0, 0.05) is 23.5 Å². The number of amides is 1. The maximum Gasteiger partial charge on any atom is 0.253 e. The zero-order valence-corrected chi connectivity index (χ0v) is 11.3. The predicted octanol–water partition coefficient (Wildman–Crippen LogP) is 2.14. The molecule has 1 amide bonds. The smallest absolute Gasteiger partial charge is 0.253 e. The fourth-order valence-electron chi connectivity index (χ4n) is 1.91. The van der Waals surface area contributed by atoms with Crippen LogP contribution in [0.25, 0.3) is 0 Å². The van der Waals surface area contributed by atoms with Gasteiger partial charge >= 0.3 is 0 Å². The molecule has 2 heterocycles. The minimum absolute atomic E-state index is 0.105. The summed E-state index contributed by atoms with van der Waals surface area (Å²) in [5.41, 5.74) is 0.295. The lowest BCUT2D eigenvalue weighted by atomic mass is 9.94. The highest BCUT2D eigenvalue weighted by Gasteiger charge is 2.29. The van der Waals surface area contributed by atoms with Gasteiger partial charge in [0.15, 0.2) is 0 Å². The first kappa shape index (κ1) is 12.5. The molecule has 0 radical (unpaired) electrons. The van der Waals surface area contributed by atoms with Crippen LogP contribution in [-0.2, 0) is 4.74 Å². The molecule has 0 aromatic carbocycles. The van der Waals surface area contributed by atoms with E-state index in [0.717, 1.165) is 23.9 Å². The lowest BCUT2D eigenvalue weighted by molar-refractivity contribution is 0.0272. The first-order chi connectivity index (χ1) is 8.09. The molecule has 4 nitrogen and oxygen atoms in total. The molecule has 0 bridgehead atoms.